The van der Waals surface area contributed by atoms with Gasteiger partial charge >= 0.3 is 0 Å². The molecule has 0 amide bonds. The zero-order chi connectivity index (χ0) is 17.5. The van der Waals surface area contributed by atoms with Crippen LogP contribution in [0.25, 0.3) is 11.4 Å². The first-order chi connectivity index (χ1) is 11.6. The van der Waals surface area contributed by atoms with Gasteiger partial charge < -0.3 is 18.9 Å². The Balaban J connectivity index is 2.16. The van der Waals surface area contributed by atoms with Crippen molar-refractivity contribution in [1.29, 1.82) is 0 Å². The summed E-state index contributed by atoms with van der Waals surface area (Å²) in [5.74, 6) is 2.41. The number of aryl methyl sites for hydroxylation is 2. The van der Waals surface area contributed by atoms with Crippen molar-refractivity contribution in [3.63, 3.8) is 0 Å². The molecular weight excluding hydrogens is 302 g/mol. The summed E-state index contributed by atoms with van der Waals surface area (Å²) in [6.07, 6.45) is 7.46. The van der Waals surface area contributed by atoms with Crippen LogP contribution in [0.3, 0.4) is 0 Å². The number of benzene rings is 1. The molecule has 0 aliphatic heterocycles. The van der Waals surface area contributed by atoms with Crippen LogP contribution in [0, 0.1) is 6.92 Å². The Morgan fingerprint density at radius 3 is 2.54 bits per heavy atom. The number of methoxy groups -OCH3 is 2. The van der Waals surface area contributed by atoms with E-state index in [2.05, 4.69) is 41.5 Å². The van der Waals surface area contributed by atoms with E-state index in [9.17, 15) is 0 Å². The maximum atomic E-state index is 5.59. The molecule has 0 aliphatic carbocycles. The fourth-order valence-corrected chi connectivity index (χ4v) is 2.89. The maximum Gasteiger partial charge on any atom is 0.171 e. The van der Waals surface area contributed by atoms with E-state index in [4.69, 9.17) is 9.47 Å². The van der Waals surface area contributed by atoms with Crippen LogP contribution in [0.15, 0.2) is 24.5 Å². The topological polar surface area (TPSA) is 39.5 Å². The van der Waals surface area contributed by atoms with Crippen molar-refractivity contribution in [3.05, 3.63) is 30.1 Å². The second-order valence-corrected chi connectivity index (χ2v) is 6.36. The second-order valence-electron chi connectivity index (χ2n) is 6.36. The molecule has 2 aromatic rings. The molecule has 0 saturated carbocycles. The molecule has 1 aromatic carbocycles. The summed E-state index contributed by atoms with van der Waals surface area (Å²) in [7, 11) is 7.57. The minimum absolute atomic E-state index is 0.739. The molecule has 0 unspecified atom stereocenters. The highest BCUT2D eigenvalue weighted by Crippen LogP contribution is 2.38. The van der Waals surface area contributed by atoms with Gasteiger partial charge in [0.05, 0.1) is 19.8 Å². The van der Waals surface area contributed by atoms with Gasteiger partial charge in [0.1, 0.15) is 5.82 Å². The molecule has 1 heterocycles. The number of unbranched alkanes of at least 4 members (excludes halogenated alkanes) is 2. The third-order valence-corrected chi connectivity index (χ3v) is 4.08. The van der Waals surface area contributed by atoms with E-state index in [1.54, 1.807) is 14.2 Å². The van der Waals surface area contributed by atoms with E-state index in [0.717, 1.165) is 48.0 Å². The molecule has 0 fully saturated rings. The number of ether oxygens (including phenoxy) is 2. The van der Waals surface area contributed by atoms with E-state index >= 15 is 0 Å². The minimum Gasteiger partial charge on any atom is -0.493 e. The minimum atomic E-state index is 0.739. The summed E-state index contributed by atoms with van der Waals surface area (Å²) < 4.78 is 13.3. The van der Waals surface area contributed by atoms with Crippen LogP contribution in [0.1, 0.15) is 24.8 Å². The van der Waals surface area contributed by atoms with Crippen molar-refractivity contribution in [2.75, 3.05) is 34.9 Å². The molecular formula is C19H29N3O2. The molecule has 0 bridgehead atoms. The maximum absolute atomic E-state index is 5.59. The summed E-state index contributed by atoms with van der Waals surface area (Å²) >= 11 is 0. The number of nitrogens with zero attached hydrogens (tertiary/aromatic N) is 3. The molecule has 5 heteroatoms. The number of hydrogen-bond donors (Lipinski definition) is 0. The van der Waals surface area contributed by atoms with Crippen molar-refractivity contribution in [3.8, 4) is 22.9 Å². The highest BCUT2D eigenvalue weighted by Gasteiger charge is 2.16. The van der Waals surface area contributed by atoms with E-state index < -0.39 is 0 Å². The number of imidazole rings is 1. The van der Waals surface area contributed by atoms with Gasteiger partial charge in [-0.2, -0.15) is 0 Å². The molecule has 132 valence electrons. The van der Waals surface area contributed by atoms with Gasteiger partial charge in [-0.15, -0.1) is 0 Å². The number of aromatic nitrogens is 2. The van der Waals surface area contributed by atoms with Crippen LogP contribution in [-0.2, 0) is 6.54 Å². The van der Waals surface area contributed by atoms with Gasteiger partial charge in [-0.25, -0.2) is 4.98 Å². The molecule has 0 aliphatic rings. The Labute approximate surface area is 145 Å². The fourth-order valence-electron chi connectivity index (χ4n) is 2.89. The Bertz CT molecular complexity index is 650. The Kier molecular flexibility index (Phi) is 6.67. The van der Waals surface area contributed by atoms with Gasteiger partial charge in [-0.1, -0.05) is 6.42 Å². The average molecular weight is 331 g/mol. The quantitative estimate of drug-likeness (QED) is 0.658. The molecule has 5 nitrogen and oxygen atoms in total. The van der Waals surface area contributed by atoms with E-state index in [1.807, 2.05) is 18.5 Å². The predicted octanol–water partition coefficient (Wildman–Crippen LogP) is 3.61. The molecule has 0 radical (unpaired) electrons. The van der Waals surface area contributed by atoms with Crippen LogP contribution in [0.4, 0.5) is 0 Å². The largest absolute Gasteiger partial charge is 0.493 e. The number of hydrogen-bond acceptors (Lipinski definition) is 4. The lowest BCUT2D eigenvalue weighted by Gasteiger charge is -2.15. The predicted molar refractivity (Wildman–Crippen MR) is 97.9 cm³/mol. The van der Waals surface area contributed by atoms with Crippen molar-refractivity contribution in [2.45, 2.75) is 32.7 Å². The molecule has 0 spiro atoms. The Morgan fingerprint density at radius 2 is 1.88 bits per heavy atom. The van der Waals surface area contributed by atoms with Crippen LogP contribution in [0.5, 0.6) is 11.5 Å². The lowest BCUT2D eigenvalue weighted by Crippen LogP contribution is -2.12. The van der Waals surface area contributed by atoms with Gasteiger partial charge in [-0.3, -0.25) is 0 Å². The third kappa shape index (κ3) is 4.51. The summed E-state index contributed by atoms with van der Waals surface area (Å²) in [5, 5.41) is 0. The highest BCUT2D eigenvalue weighted by atomic mass is 16.5. The van der Waals surface area contributed by atoms with Crippen LogP contribution < -0.4 is 9.47 Å². The zero-order valence-electron chi connectivity index (χ0n) is 15.5. The normalized spacial score (nSPS) is 11.1. The standard InChI is InChI=1S/C19H29N3O2/c1-15-13-16(18(24-5)17(14-15)23-4)19-20-9-12-22(19)11-8-6-7-10-21(2)3/h9,12-14H,6-8,10-11H2,1-5H3. The third-order valence-electron chi connectivity index (χ3n) is 4.08. The van der Waals surface area contributed by atoms with Gasteiger partial charge in [0, 0.05) is 18.9 Å². The first kappa shape index (κ1) is 18.3. The SMILES string of the molecule is COc1cc(C)cc(-c2nccn2CCCCCN(C)C)c1OC. The van der Waals surface area contributed by atoms with E-state index in [0.29, 0.717) is 0 Å². The molecule has 0 saturated heterocycles. The first-order valence-corrected chi connectivity index (χ1v) is 8.45. The van der Waals surface area contributed by atoms with E-state index in [1.165, 1.54) is 12.8 Å². The fraction of sp³-hybridized carbons (Fsp3) is 0.526. The number of rotatable bonds is 9. The Hall–Kier alpha value is -2.01. The summed E-state index contributed by atoms with van der Waals surface area (Å²) in [4.78, 5) is 6.79. The van der Waals surface area contributed by atoms with Gasteiger partial charge in [-0.05, 0) is 58.1 Å². The summed E-state index contributed by atoms with van der Waals surface area (Å²) in [6.45, 7) is 4.15. The smallest absolute Gasteiger partial charge is 0.171 e. The second kappa shape index (κ2) is 8.73. The lowest BCUT2D eigenvalue weighted by atomic mass is 10.1. The average Bonchev–Trinajstić information content (AvgIpc) is 3.01. The molecule has 0 atom stereocenters. The van der Waals surface area contributed by atoms with Crippen molar-refractivity contribution < 1.29 is 9.47 Å². The highest BCUT2D eigenvalue weighted by molar-refractivity contribution is 5.70. The van der Waals surface area contributed by atoms with Crippen LogP contribution >= 0.6 is 0 Å². The van der Waals surface area contributed by atoms with E-state index in [-0.39, 0.29) is 0 Å². The van der Waals surface area contributed by atoms with Crippen molar-refractivity contribution in [1.82, 2.24) is 14.5 Å². The molecule has 1 aromatic heterocycles. The molecule has 0 N–H and O–H groups in total. The monoisotopic (exact) mass is 331 g/mol. The van der Waals surface area contributed by atoms with Gasteiger partial charge in [0.15, 0.2) is 11.5 Å². The van der Waals surface area contributed by atoms with Crippen LogP contribution in [-0.4, -0.2) is 49.3 Å². The first-order valence-electron chi connectivity index (χ1n) is 8.45. The summed E-state index contributed by atoms with van der Waals surface area (Å²) in [5.41, 5.74) is 2.11. The summed E-state index contributed by atoms with van der Waals surface area (Å²) in [6, 6.07) is 4.09. The van der Waals surface area contributed by atoms with Gasteiger partial charge in [0.25, 0.3) is 0 Å². The molecule has 24 heavy (non-hydrogen) atoms. The van der Waals surface area contributed by atoms with Crippen molar-refractivity contribution >= 4 is 0 Å². The van der Waals surface area contributed by atoms with Crippen LogP contribution in [0.2, 0.25) is 0 Å². The molecule has 2 rings (SSSR count). The van der Waals surface area contributed by atoms with Crippen molar-refractivity contribution in [2.24, 2.45) is 0 Å². The Morgan fingerprint density at radius 1 is 1.08 bits per heavy atom. The van der Waals surface area contributed by atoms with Gasteiger partial charge in [0.2, 0.25) is 0 Å². The zero-order valence-corrected chi connectivity index (χ0v) is 15.5. The lowest BCUT2D eigenvalue weighted by molar-refractivity contribution is 0.355.